The maximum Gasteiger partial charge on any atom is 0.250 e. The molecule has 1 aromatic carbocycles. The normalized spacial score (nSPS) is 14.3. The van der Waals surface area contributed by atoms with E-state index in [4.69, 9.17) is 21.1 Å². The Hall–Kier alpha value is -2.03. The molecule has 0 unspecified atom stereocenters. The molecule has 140 valence electrons. The quantitative estimate of drug-likeness (QED) is 0.786. The first-order valence-electron chi connectivity index (χ1n) is 8.00. The second-order valence-corrected chi connectivity index (χ2v) is 8.63. The SMILES string of the molecule is CN(C)S(=O)(=O)c1ccc(=O)n(Cc2cc(Cl)c3c(c2)OCCCO3)c1. The van der Waals surface area contributed by atoms with Gasteiger partial charge in [0.15, 0.2) is 11.5 Å². The van der Waals surface area contributed by atoms with Crippen LogP contribution in [-0.4, -0.2) is 44.6 Å². The third-order valence-corrected chi connectivity index (χ3v) is 6.03. The summed E-state index contributed by atoms with van der Waals surface area (Å²) < 4.78 is 38.2. The maximum absolute atomic E-state index is 12.3. The van der Waals surface area contributed by atoms with Crippen molar-refractivity contribution in [1.29, 1.82) is 0 Å². The molecule has 0 N–H and O–H groups in total. The number of pyridine rings is 1. The van der Waals surface area contributed by atoms with Crippen molar-refractivity contribution < 1.29 is 17.9 Å². The summed E-state index contributed by atoms with van der Waals surface area (Å²) in [5, 5.41) is 0.393. The van der Waals surface area contributed by atoms with Crippen molar-refractivity contribution in [3.8, 4) is 11.5 Å². The molecule has 0 fully saturated rings. The fourth-order valence-corrected chi connectivity index (χ4v) is 3.78. The highest BCUT2D eigenvalue weighted by atomic mass is 35.5. The van der Waals surface area contributed by atoms with Gasteiger partial charge in [-0.05, 0) is 23.8 Å². The molecule has 9 heteroatoms. The molecule has 0 spiro atoms. The molecule has 0 saturated carbocycles. The lowest BCUT2D eigenvalue weighted by atomic mass is 10.2. The van der Waals surface area contributed by atoms with Gasteiger partial charge in [-0.1, -0.05) is 11.6 Å². The first kappa shape index (κ1) is 18.8. The lowest BCUT2D eigenvalue weighted by Crippen LogP contribution is -2.26. The number of fused-ring (bicyclic) bond motifs is 1. The number of ether oxygens (including phenoxy) is 2. The lowest BCUT2D eigenvalue weighted by Gasteiger charge is -2.15. The van der Waals surface area contributed by atoms with Gasteiger partial charge in [0, 0.05) is 32.8 Å². The van der Waals surface area contributed by atoms with Crippen LogP contribution >= 0.6 is 11.6 Å². The molecular weight excluding hydrogens is 380 g/mol. The number of hydrogen-bond donors (Lipinski definition) is 0. The van der Waals surface area contributed by atoms with Gasteiger partial charge in [-0.15, -0.1) is 0 Å². The van der Waals surface area contributed by atoms with Gasteiger partial charge in [0.25, 0.3) is 5.56 Å². The standard InChI is InChI=1S/C17H19ClN2O5S/c1-19(2)26(22,23)13-4-5-16(21)20(11-13)10-12-8-14(18)17-15(9-12)24-6-3-7-25-17/h4-5,8-9,11H,3,6-7,10H2,1-2H3. The summed E-state index contributed by atoms with van der Waals surface area (Å²) in [5.74, 6) is 1.01. The van der Waals surface area contributed by atoms with Crippen LogP contribution in [0, 0.1) is 0 Å². The van der Waals surface area contributed by atoms with Crippen LogP contribution in [0.25, 0.3) is 0 Å². The van der Waals surface area contributed by atoms with E-state index in [1.807, 2.05) is 0 Å². The van der Waals surface area contributed by atoms with Gasteiger partial charge < -0.3 is 14.0 Å². The zero-order valence-corrected chi connectivity index (χ0v) is 16.0. The van der Waals surface area contributed by atoms with Crippen molar-refractivity contribution in [2.24, 2.45) is 0 Å². The van der Waals surface area contributed by atoms with Gasteiger partial charge in [0.2, 0.25) is 10.0 Å². The Balaban J connectivity index is 1.98. The Labute approximate surface area is 156 Å². The third kappa shape index (κ3) is 3.72. The average molecular weight is 399 g/mol. The Kier molecular flexibility index (Phi) is 5.27. The van der Waals surface area contributed by atoms with E-state index in [0.29, 0.717) is 35.3 Å². The van der Waals surface area contributed by atoms with Crippen LogP contribution in [0.5, 0.6) is 11.5 Å². The molecule has 0 saturated heterocycles. The average Bonchev–Trinajstić information content (AvgIpc) is 2.82. The molecule has 1 aliphatic rings. The summed E-state index contributed by atoms with van der Waals surface area (Å²) in [6.07, 6.45) is 2.08. The number of halogens is 1. The second kappa shape index (κ2) is 7.30. The lowest BCUT2D eigenvalue weighted by molar-refractivity contribution is 0.297. The third-order valence-electron chi connectivity index (χ3n) is 3.95. The van der Waals surface area contributed by atoms with Gasteiger partial charge >= 0.3 is 0 Å². The van der Waals surface area contributed by atoms with Crippen LogP contribution in [0.2, 0.25) is 5.02 Å². The minimum atomic E-state index is -3.63. The van der Waals surface area contributed by atoms with Gasteiger partial charge in [-0.25, -0.2) is 12.7 Å². The molecule has 7 nitrogen and oxygen atoms in total. The zero-order chi connectivity index (χ0) is 18.9. The van der Waals surface area contributed by atoms with E-state index >= 15 is 0 Å². The zero-order valence-electron chi connectivity index (χ0n) is 14.4. The molecule has 1 aliphatic heterocycles. The molecule has 0 radical (unpaired) electrons. The van der Waals surface area contributed by atoms with Gasteiger partial charge in [-0.2, -0.15) is 0 Å². The molecule has 26 heavy (non-hydrogen) atoms. The van der Waals surface area contributed by atoms with E-state index in [1.54, 1.807) is 12.1 Å². The topological polar surface area (TPSA) is 77.8 Å². The number of nitrogens with zero attached hydrogens (tertiary/aromatic N) is 2. The number of rotatable bonds is 4. The van der Waals surface area contributed by atoms with E-state index < -0.39 is 10.0 Å². The molecule has 2 aromatic rings. The van der Waals surface area contributed by atoms with Crippen LogP contribution in [0.3, 0.4) is 0 Å². The van der Waals surface area contributed by atoms with E-state index in [-0.39, 0.29) is 17.0 Å². The fraction of sp³-hybridized carbons (Fsp3) is 0.353. The monoisotopic (exact) mass is 398 g/mol. The highest BCUT2D eigenvalue weighted by Crippen LogP contribution is 2.38. The van der Waals surface area contributed by atoms with Crippen molar-refractivity contribution in [1.82, 2.24) is 8.87 Å². The predicted octanol–water partition coefficient (Wildman–Crippen LogP) is 1.96. The van der Waals surface area contributed by atoms with Crippen molar-refractivity contribution in [3.63, 3.8) is 0 Å². The van der Waals surface area contributed by atoms with Crippen LogP contribution in [0.15, 0.2) is 40.2 Å². The first-order chi connectivity index (χ1) is 12.3. The van der Waals surface area contributed by atoms with Crippen molar-refractivity contribution in [2.45, 2.75) is 17.9 Å². The Morgan fingerprint density at radius 2 is 1.92 bits per heavy atom. The highest BCUT2D eigenvalue weighted by Gasteiger charge is 2.19. The Morgan fingerprint density at radius 3 is 2.65 bits per heavy atom. The van der Waals surface area contributed by atoms with Crippen LogP contribution < -0.4 is 15.0 Å². The second-order valence-electron chi connectivity index (χ2n) is 6.07. The fourth-order valence-electron chi connectivity index (χ4n) is 2.57. The molecule has 0 aliphatic carbocycles. The van der Waals surface area contributed by atoms with E-state index in [2.05, 4.69) is 0 Å². The van der Waals surface area contributed by atoms with E-state index in [1.165, 1.54) is 37.0 Å². The van der Waals surface area contributed by atoms with Crippen molar-refractivity contribution in [2.75, 3.05) is 27.3 Å². The summed E-state index contributed by atoms with van der Waals surface area (Å²) in [7, 11) is -0.755. The van der Waals surface area contributed by atoms with E-state index in [0.717, 1.165) is 10.7 Å². The number of hydrogen-bond acceptors (Lipinski definition) is 5. The van der Waals surface area contributed by atoms with Crippen molar-refractivity contribution in [3.05, 3.63) is 51.4 Å². The molecule has 0 bridgehead atoms. The summed E-state index contributed by atoms with van der Waals surface area (Å²) in [6, 6.07) is 5.98. The largest absolute Gasteiger partial charge is 0.489 e. The summed E-state index contributed by atoms with van der Waals surface area (Å²) in [4.78, 5) is 12.2. The highest BCUT2D eigenvalue weighted by molar-refractivity contribution is 7.89. The van der Waals surface area contributed by atoms with E-state index in [9.17, 15) is 13.2 Å². The van der Waals surface area contributed by atoms with Crippen LogP contribution in [0.4, 0.5) is 0 Å². The number of benzene rings is 1. The molecule has 0 atom stereocenters. The number of sulfonamides is 1. The minimum absolute atomic E-state index is 0.0440. The summed E-state index contributed by atoms with van der Waals surface area (Å²) in [5.41, 5.74) is 0.395. The molecule has 2 heterocycles. The number of aromatic nitrogens is 1. The smallest absolute Gasteiger partial charge is 0.250 e. The Bertz CT molecular complexity index is 985. The van der Waals surface area contributed by atoms with Gasteiger partial charge in [-0.3, -0.25) is 4.79 Å². The minimum Gasteiger partial charge on any atom is -0.489 e. The van der Waals surface area contributed by atoms with Crippen LogP contribution in [0.1, 0.15) is 12.0 Å². The van der Waals surface area contributed by atoms with Gasteiger partial charge in [0.05, 0.1) is 29.7 Å². The van der Waals surface area contributed by atoms with Gasteiger partial charge in [0.1, 0.15) is 0 Å². The van der Waals surface area contributed by atoms with Crippen LogP contribution in [-0.2, 0) is 16.6 Å². The predicted molar refractivity (Wildman–Crippen MR) is 97.7 cm³/mol. The molecule has 0 amide bonds. The maximum atomic E-state index is 12.3. The molecular formula is C17H19ClN2O5S. The Morgan fingerprint density at radius 1 is 1.19 bits per heavy atom. The molecule has 3 rings (SSSR count). The summed E-state index contributed by atoms with van der Waals surface area (Å²) >= 11 is 6.28. The van der Waals surface area contributed by atoms with Crippen molar-refractivity contribution >= 4 is 21.6 Å². The molecule has 1 aromatic heterocycles. The summed E-state index contributed by atoms with van der Waals surface area (Å²) in [6.45, 7) is 1.20. The first-order valence-corrected chi connectivity index (χ1v) is 9.82.